The fourth-order valence-electron chi connectivity index (χ4n) is 3.13. The van der Waals surface area contributed by atoms with Gasteiger partial charge >= 0.3 is 11.9 Å². The lowest BCUT2D eigenvalue weighted by molar-refractivity contribution is -0.154. The number of hydrogen-bond donors (Lipinski definition) is 2. The second-order valence-electron chi connectivity index (χ2n) is 7.31. The van der Waals surface area contributed by atoms with E-state index in [-0.39, 0.29) is 6.42 Å². The molecule has 0 aliphatic carbocycles. The number of allylic oxidation sites excluding steroid dienone is 2. The smallest absolute Gasteiger partial charge is 0.317 e. The van der Waals surface area contributed by atoms with Crippen molar-refractivity contribution in [2.75, 3.05) is 0 Å². The normalized spacial score (nSPS) is 11.5. The Hall–Kier alpha value is -1.32. The van der Waals surface area contributed by atoms with Crippen molar-refractivity contribution in [2.45, 2.75) is 110 Å². The highest BCUT2D eigenvalue weighted by molar-refractivity contribution is 5.92. The highest BCUT2D eigenvalue weighted by Crippen LogP contribution is 2.14. The Kier molecular flexibility index (Phi) is 17.5. The molecule has 26 heavy (non-hydrogen) atoms. The molecular weight excluding hydrogens is 328 g/mol. The van der Waals surface area contributed by atoms with E-state index in [9.17, 15) is 9.59 Å². The van der Waals surface area contributed by atoms with Gasteiger partial charge in [-0.3, -0.25) is 9.59 Å². The average Bonchev–Trinajstić information content (AvgIpc) is 2.60. The van der Waals surface area contributed by atoms with Gasteiger partial charge in [-0.05, 0) is 32.1 Å². The first-order chi connectivity index (χ1) is 12.6. The van der Waals surface area contributed by atoms with E-state index in [4.69, 9.17) is 10.2 Å². The summed E-state index contributed by atoms with van der Waals surface area (Å²) in [6.07, 6.45) is 23.0. The van der Waals surface area contributed by atoms with Crippen LogP contribution < -0.4 is 0 Å². The van der Waals surface area contributed by atoms with Gasteiger partial charge in [0.1, 0.15) is 0 Å². The van der Waals surface area contributed by atoms with E-state index in [0.717, 1.165) is 25.7 Å². The molecule has 0 bridgehead atoms. The number of aliphatic carboxylic acids is 2. The number of unbranched alkanes of at least 4 members (excludes halogenated alkanes) is 13. The summed E-state index contributed by atoms with van der Waals surface area (Å²) < 4.78 is 0. The fourth-order valence-corrected chi connectivity index (χ4v) is 3.13. The molecule has 0 heterocycles. The molecule has 0 aromatic rings. The van der Waals surface area contributed by atoms with Crippen molar-refractivity contribution in [3.63, 3.8) is 0 Å². The van der Waals surface area contributed by atoms with Crippen LogP contribution in [0.1, 0.15) is 110 Å². The van der Waals surface area contributed by atoms with Crippen molar-refractivity contribution in [3.05, 3.63) is 12.2 Å². The molecule has 2 N–H and O–H groups in total. The van der Waals surface area contributed by atoms with Gasteiger partial charge in [0, 0.05) is 0 Å². The molecule has 152 valence electrons. The number of carbonyl (C=O) groups is 2. The zero-order valence-corrected chi connectivity index (χ0v) is 16.8. The molecule has 0 spiro atoms. The van der Waals surface area contributed by atoms with Gasteiger partial charge < -0.3 is 10.2 Å². The molecule has 0 atom stereocenters. The van der Waals surface area contributed by atoms with Gasteiger partial charge in [-0.15, -0.1) is 0 Å². The Balaban J connectivity index is 3.30. The second-order valence-corrected chi connectivity index (χ2v) is 7.31. The Morgan fingerprint density at radius 3 is 1.46 bits per heavy atom. The topological polar surface area (TPSA) is 74.6 Å². The van der Waals surface area contributed by atoms with E-state index >= 15 is 0 Å². The van der Waals surface area contributed by atoms with Gasteiger partial charge in [-0.25, -0.2) is 0 Å². The van der Waals surface area contributed by atoms with Crippen LogP contribution in [0.3, 0.4) is 0 Å². The van der Waals surface area contributed by atoms with Crippen molar-refractivity contribution < 1.29 is 19.8 Å². The Morgan fingerprint density at radius 1 is 0.654 bits per heavy atom. The van der Waals surface area contributed by atoms with Crippen LogP contribution >= 0.6 is 0 Å². The van der Waals surface area contributed by atoms with E-state index in [1.54, 1.807) is 0 Å². The fraction of sp³-hybridized carbons (Fsp3) is 0.818. The molecule has 0 unspecified atom stereocenters. The summed E-state index contributed by atoms with van der Waals surface area (Å²) >= 11 is 0. The first kappa shape index (κ1) is 24.7. The first-order valence-electron chi connectivity index (χ1n) is 10.7. The van der Waals surface area contributed by atoms with Crippen LogP contribution in [0.5, 0.6) is 0 Å². The first-order valence-corrected chi connectivity index (χ1v) is 10.7. The standard InChI is InChI=1S/C22H40O4/c1-2-3-4-5-6-7-8-9-10-11-12-13-14-15-16-17-18-19-20(21(23)24)22(25)26/h10-11,20H,2-9,12-19H2,1H3,(H,23,24)(H,25,26). The van der Waals surface area contributed by atoms with E-state index in [1.807, 2.05) is 0 Å². The van der Waals surface area contributed by atoms with Crippen LogP contribution in [-0.4, -0.2) is 22.2 Å². The number of carboxylic acid groups (broad SMARTS) is 2. The van der Waals surface area contributed by atoms with E-state index in [2.05, 4.69) is 19.1 Å². The zero-order valence-electron chi connectivity index (χ0n) is 16.8. The highest BCUT2D eigenvalue weighted by Gasteiger charge is 2.24. The van der Waals surface area contributed by atoms with Crippen LogP contribution in [-0.2, 0) is 9.59 Å². The largest absolute Gasteiger partial charge is 0.481 e. The van der Waals surface area contributed by atoms with Crippen LogP contribution in [0.15, 0.2) is 12.2 Å². The van der Waals surface area contributed by atoms with Gasteiger partial charge in [0.25, 0.3) is 0 Å². The molecule has 0 aromatic heterocycles. The monoisotopic (exact) mass is 368 g/mol. The predicted molar refractivity (Wildman–Crippen MR) is 107 cm³/mol. The molecule has 0 saturated heterocycles. The third-order valence-electron chi connectivity index (χ3n) is 4.85. The lowest BCUT2D eigenvalue weighted by Crippen LogP contribution is -2.23. The molecule has 4 nitrogen and oxygen atoms in total. The SMILES string of the molecule is CCCCCCCCCC=CCCCCCCCCC(C(=O)O)C(=O)O. The lowest BCUT2D eigenvalue weighted by Gasteiger charge is -2.06. The van der Waals surface area contributed by atoms with Crippen molar-refractivity contribution in [1.82, 2.24) is 0 Å². The van der Waals surface area contributed by atoms with Crippen molar-refractivity contribution >= 4 is 11.9 Å². The number of rotatable bonds is 19. The molecule has 4 heteroatoms. The van der Waals surface area contributed by atoms with Crippen molar-refractivity contribution in [3.8, 4) is 0 Å². The molecular formula is C22H40O4. The summed E-state index contributed by atoms with van der Waals surface area (Å²) in [6, 6.07) is 0. The molecule has 0 rings (SSSR count). The second kappa shape index (κ2) is 18.5. The van der Waals surface area contributed by atoms with Crippen LogP contribution in [0.4, 0.5) is 0 Å². The van der Waals surface area contributed by atoms with Crippen LogP contribution in [0.2, 0.25) is 0 Å². The molecule has 0 radical (unpaired) electrons. The van der Waals surface area contributed by atoms with E-state index < -0.39 is 17.9 Å². The van der Waals surface area contributed by atoms with Gasteiger partial charge in [0.2, 0.25) is 0 Å². The molecule has 0 aliphatic heterocycles. The predicted octanol–water partition coefficient (Wildman–Crippen LogP) is 6.59. The highest BCUT2D eigenvalue weighted by atomic mass is 16.4. The summed E-state index contributed by atoms with van der Waals surface area (Å²) in [5, 5.41) is 17.6. The maximum Gasteiger partial charge on any atom is 0.317 e. The van der Waals surface area contributed by atoms with Crippen LogP contribution in [0.25, 0.3) is 0 Å². The Morgan fingerprint density at radius 2 is 1.04 bits per heavy atom. The summed E-state index contributed by atoms with van der Waals surface area (Å²) in [4.78, 5) is 21.5. The maximum absolute atomic E-state index is 10.8. The third-order valence-corrected chi connectivity index (χ3v) is 4.85. The molecule has 0 aromatic carbocycles. The van der Waals surface area contributed by atoms with Crippen LogP contribution in [0, 0.1) is 5.92 Å². The maximum atomic E-state index is 10.8. The summed E-state index contributed by atoms with van der Waals surface area (Å²) in [6.45, 7) is 2.25. The summed E-state index contributed by atoms with van der Waals surface area (Å²) in [5.74, 6) is -3.68. The lowest BCUT2D eigenvalue weighted by atomic mass is 10.0. The van der Waals surface area contributed by atoms with E-state index in [1.165, 1.54) is 64.2 Å². The van der Waals surface area contributed by atoms with Crippen molar-refractivity contribution in [2.24, 2.45) is 5.92 Å². The molecule has 0 fully saturated rings. The van der Waals surface area contributed by atoms with Gasteiger partial charge in [-0.1, -0.05) is 89.7 Å². The van der Waals surface area contributed by atoms with Gasteiger partial charge in [-0.2, -0.15) is 0 Å². The van der Waals surface area contributed by atoms with E-state index in [0.29, 0.717) is 6.42 Å². The van der Waals surface area contributed by atoms with Gasteiger partial charge in [0.05, 0.1) is 0 Å². The molecule has 0 amide bonds. The Bertz CT molecular complexity index is 362. The third kappa shape index (κ3) is 16.2. The molecule has 0 saturated carbocycles. The Labute approximate surface area is 160 Å². The minimum atomic E-state index is -1.24. The minimum absolute atomic E-state index is 0.242. The quantitative estimate of drug-likeness (QED) is 0.153. The zero-order chi connectivity index (χ0) is 19.5. The van der Waals surface area contributed by atoms with Crippen molar-refractivity contribution in [1.29, 1.82) is 0 Å². The number of hydrogen-bond acceptors (Lipinski definition) is 2. The minimum Gasteiger partial charge on any atom is -0.481 e. The van der Waals surface area contributed by atoms with Gasteiger partial charge in [0.15, 0.2) is 5.92 Å². The molecule has 0 aliphatic rings. The average molecular weight is 369 g/mol. The summed E-state index contributed by atoms with van der Waals surface area (Å²) in [7, 11) is 0. The number of carboxylic acids is 2. The summed E-state index contributed by atoms with van der Waals surface area (Å²) in [5.41, 5.74) is 0.